The fraction of sp³-hybridized carbons (Fsp3) is 0.267. The largest absolute Gasteiger partial charge is 0.496 e. The van der Waals surface area contributed by atoms with E-state index in [1.165, 1.54) is 38.6 Å². The molecule has 0 amide bonds. The highest BCUT2D eigenvalue weighted by Crippen LogP contribution is 2.29. The van der Waals surface area contributed by atoms with E-state index in [1.807, 2.05) is 0 Å². The number of halogens is 2. The SMILES string of the molecule is COc1cc(OC)c(CN(c2ccc(Cl)cc2F)S(C)(=O)=O)cn1. The molecular weight excluding hydrogens is 359 g/mol. The standard InChI is InChI=1S/C15H16ClFN2O4S/c1-22-14-7-15(23-2)18-8-10(14)9-19(24(3,20)21)13-5-4-11(16)6-12(13)17/h4-8H,9H2,1-3H3. The summed E-state index contributed by atoms with van der Waals surface area (Å²) < 4.78 is 49.6. The third kappa shape index (κ3) is 4.07. The van der Waals surface area contributed by atoms with E-state index in [9.17, 15) is 12.8 Å². The summed E-state index contributed by atoms with van der Waals surface area (Å²) in [4.78, 5) is 4.03. The molecule has 130 valence electrons. The van der Waals surface area contributed by atoms with Crippen LogP contribution in [-0.2, 0) is 16.6 Å². The molecule has 2 rings (SSSR count). The molecule has 6 nitrogen and oxygen atoms in total. The maximum atomic E-state index is 14.2. The highest BCUT2D eigenvalue weighted by atomic mass is 35.5. The van der Waals surface area contributed by atoms with Crippen LogP contribution in [0.25, 0.3) is 0 Å². The Morgan fingerprint density at radius 2 is 1.96 bits per heavy atom. The quantitative estimate of drug-likeness (QED) is 0.777. The van der Waals surface area contributed by atoms with Gasteiger partial charge >= 0.3 is 0 Å². The number of pyridine rings is 1. The third-order valence-corrected chi connectivity index (χ3v) is 4.60. The number of benzene rings is 1. The molecule has 0 saturated carbocycles. The molecule has 2 aromatic rings. The first-order valence-corrected chi connectivity index (χ1v) is 8.98. The lowest BCUT2D eigenvalue weighted by Gasteiger charge is -2.24. The van der Waals surface area contributed by atoms with Gasteiger partial charge in [-0.15, -0.1) is 0 Å². The lowest BCUT2D eigenvalue weighted by Crippen LogP contribution is -2.30. The van der Waals surface area contributed by atoms with Gasteiger partial charge in [-0.2, -0.15) is 0 Å². The fourth-order valence-electron chi connectivity index (χ4n) is 2.09. The zero-order valence-corrected chi connectivity index (χ0v) is 14.9. The number of sulfonamides is 1. The molecule has 0 aliphatic carbocycles. The molecule has 0 unspecified atom stereocenters. The predicted octanol–water partition coefficient (Wildman–Crippen LogP) is 2.86. The number of methoxy groups -OCH3 is 2. The Labute approximate surface area is 144 Å². The average Bonchev–Trinajstić information content (AvgIpc) is 2.52. The Balaban J connectivity index is 2.48. The minimum atomic E-state index is -3.76. The highest BCUT2D eigenvalue weighted by Gasteiger charge is 2.23. The Morgan fingerprint density at radius 3 is 2.50 bits per heavy atom. The zero-order valence-electron chi connectivity index (χ0n) is 13.3. The lowest BCUT2D eigenvalue weighted by molar-refractivity contribution is 0.379. The van der Waals surface area contributed by atoms with Crippen molar-refractivity contribution in [1.29, 1.82) is 0 Å². The molecule has 0 N–H and O–H groups in total. The molecule has 1 heterocycles. The van der Waals surface area contributed by atoms with Gasteiger partial charge in [-0.25, -0.2) is 17.8 Å². The van der Waals surface area contributed by atoms with Crippen molar-refractivity contribution in [2.45, 2.75) is 6.54 Å². The molecule has 0 spiro atoms. The van der Waals surface area contributed by atoms with Crippen molar-refractivity contribution < 1.29 is 22.3 Å². The van der Waals surface area contributed by atoms with E-state index in [0.717, 1.165) is 16.6 Å². The van der Waals surface area contributed by atoms with Crippen molar-refractivity contribution in [1.82, 2.24) is 4.98 Å². The molecule has 0 atom stereocenters. The summed E-state index contributed by atoms with van der Waals surface area (Å²) in [6, 6.07) is 5.30. The highest BCUT2D eigenvalue weighted by molar-refractivity contribution is 7.92. The summed E-state index contributed by atoms with van der Waals surface area (Å²) in [7, 11) is -0.868. The first-order chi connectivity index (χ1) is 11.3. The average molecular weight is 375 g/mol. The van der Waals surface area contributed by atoms with Crippen LogP contribution in [-0.4, -0.2) is 33.9 Å². The summed E-state index contributed by atoms with van der Waals surface area (Å²) in [6.45, 7) is -0.155. The summed E-state index contributed by atoms with van der Waals surface area (Å²) in [5.74, 6) is -0.0441. The minimum absolute atomic E-state index is 0.111. The van der Waals surface area contributed by atoms with Crippen LogP contribution < -0.4 is 13.8 Å². The second kappa shape index (κ2) is 7.23. The van der Waals surface area contributed by atoms with Crippen LogP contribution in [0, 0.1) is 5.82 Å². The molecule has 1 aromatic carbocycles. The van der Waals surface area contributed by atoms with Crippen molar-refractivity contribution >= 4 is 27.3 Å². The van der Waals surface area contributed by atoms with Crippen LogP contribution in [0.5, 0.6) is 11.6 Å². The number of aromatic nitrogens is 1. The first-order valence-electron chi connectivity index (χ1n) is 6.76. The maximum Gasteiger partial charge on any atom is 0.232 e. The number of rotatable bonds is 6. The fourth-order valence-corrected chi connectivity index (χ4v) is 3.12. The normalized spacial score (nSPS) is 11.2. The van der Waals surface area contributed by atoms with Gasteiger partial charge in [0.2, 0.25) is 15.9 Å². The van der Waals surface area contributed by atoms with Gasteiger partial charge in [-0.05, 0) is 18.2 Å². The van der Waals surface area contributed by atoms with Gasteiger partial charge in [0.15, 0.2) is 0 Å². The van der Waals surface area contributed by atoms with Crippen molar-refractivity contribution in [3.63, 3.8) is 0 Å². The molecule has 0 saturated heterocycles. The second-order valence-electron chi connectivity index (χ2n) is 4.90. The number of hydrogen-bond acceptors (Lipinski definition) is 5. The van der Waals surface area contributed by atoms with E-state index in [2.05, 4.69) is 4.98 Å². The van der Waals surface area contributed by atoms with E-state index in [0.29, 0.717) is 17.2 Å². The Hall–Kier alpha value is -2.06. The lowest BCUT2D eigenvalue weighted by atomic mass is 10.2. The monoisotopic (exact) mass is 374 g/mol. The van der Waals surface area contributed by atoms with Crippen molar-refractivity contribution in [2.24, 2.45) is 0 Å². The minimum Gasteiger partial charge on any atom is -0.496 e. The van der Waals surface area contributed by atoms with E-state index in [4.69, 9.17) is 21.1 Å². The summed E-state index contributed by atoms with van der Waals surface area (Å²) in [6.07, 6.45) is 2.41. The van der Waals surface area contributed by atoms with Crippen LogP contribution in [0.15, 0.2) is 30.5 Å². The number of anilines is 1. The Bertz CT molecular complexity index is 845. The van der Waals surface area contributed by atoms with Gasteiger partial charge in [0.25, 0.3) is 0 Å². The second-order valence-corrected chi connectivity index (χ2v) is 7.25. The van der Waals surface area contributed by atoms with Crippen molar-refractivity contribution in [3.8, 4) is 11.6 Å². The Morgan fingerprint density at radius 1 is 1.25 bits per heavy atom. The predicted molar refractivity (Wildman–Crippen MR) is 89.8 cm³/mol. The summed E-state index contributed by atoms with van der Waals surface area (Å²) >= 11 is 5.73. The van der Waals surface area contributed by atoms with Gasteiger partial charge in [-0.1, -0.05) is 11.6 Å². The van der Waals surface area contributed by atoms with Gasteiger partial charge in [0.05, 0.1) is 32.7 Å². The summed E-state index contributed by atoms with van der Waals surface area (Å²) in [5, 5.41) is 0.174. The first kappa shape index (κ1) is 18.3. The maximum absolute atomic E-state index is 14.2. The summed E-state index contributed by atoms with van der Waals surface area (Å²) in [5.41, 5.74) is 0.345. The van der Waals surface area contributed by atoms with Crippen molar-refractivity contribution in [2.75, 3.05) is 24.8 Å². The molecule has 1 aromatic heterocycles. The van der Waals surface area contributed by atoms with Crippen LogP contribution in [0.4, 0.5) is 10.1 Å². The molecular formula is C15H16ClFN2O4S. The van der Waals surface area contributed by atoms with Crippen LogP contribution >= 0.6 is 11.6 Å². The Kier molecular flexibility index (Phi) is 5.51. The van der Waals surface area contributed by atoms with E-state index in [-0.39, 0.29) is 17.3 Å². The molecule has 0 aliphatic heterocycles. The number of hydrogen-bond donors (Lipinski definition) is 0. The topological polar surface area (TPSA) is 68.7 Å². The van der Waals surface area contributed by atoms with Gasteiger partial charge in [0.1, 0.15) is 11.6 Å². The van der Waals surface area contributed by atoms with E-state index in [1.54, 1.807) is 0 Å². The van der Waals surface area contributed by atoms with Gasteiger partial charge in [-0.3, -0.25) is 4.31 Å². The molecule has 24 heavy (non-hydrogen) atoms. The molecule has 0 fully saturated rings. The molecule has 9 heteroatoms. The number of ether oxygens (including phenoxy) is 2. The number of nitrogens with zero attached hydrogens (tertiary/aromatic N) is 2. The van der Waals surface area contributed by atoms with Gasteiger partial charge < -0.3 is 9.47 Å². The molecule has 0 bridgehead atoms. The smallest absolute Gasteiger partial charge is 0.232 e. The van der Waals surface area contributed by atoms with Crippen LogP contribution in [0.3, 0.4) is 0 Å². The van der Waals surface area contributed by atoms with Crippen LogP contribution in [0.2, 0.25) is 5.02 Å². The van der Waals surface area contributed by atoms with E-state index >= 15 is 0 Å². The van der Waals surface area contributed by atoms with Crippen LogP contribution in [0.1, 0.15) is 5.56 Å². The van der Waals surface area contributed by atoms with Gasteiger partial charge in [0, 0.05) is 22.8 Å². The third-order valence-electron chi connectivity index (χ3n) is 3.24. The molecule has 0 aliphatic rings. The van der Waals surface area contributed by atoms with E-state index < -0.39 is 15.8 Å². The van der Waals surface area contributed by atoms with Crippen molar-refractivity contribution in [3.05, 3.63) is 46.9 Å². The zero-order chi connectivity index (χ0) is 17.9. The molecule has 0 radical (unpaired) electrons.